The number of hydrogen-bond acceptors (Lipinski definition) is 5. The van der Waals surface area contributed by atoms with E-state index in [1.807, 2.05) is 42.6 Å². The van der Waals surface area contributed by atoms with Gasteiger partial charge in [-0.3, -0.25) is 4.79 Å². The molecule has 24 heavy (non-hydrogen) atoms. The fraction of sp³-hybridized carbons (Fsp3) is 0.294. The minimum absolute atomic E-state index is 0.0848. The molecular weight excluding hydrogens is 322 g/mol. The summed E-state index contributed by atoms with van der Waals surface area (Å²) in [7, 11) is 0. The molecule has 1 aromatic carbocycles. The Morgan fingerprint density at radius 3 is 2.96 bits per heavy atom. The van der Waals surface area contributed by atoms with E-state index in [1.165, 1.54) is 11.3 Å². The van der Waals surface area contributed by atoms with Gasteiger partial charge in [0.2, 0.25) is 0 Å². The Balaban J connectivity index is 1.46. The van der Waals surface area contributed by atoms with Crippen molar-refractivity contribution in [2.24, 2.45) is 0 Å². The van der Waals surface area contributed by atoms with E-state index in [4.69, 9.17) is 0 Å². The first-order valence-electron chi connectivity index (χ1n) is 7.91. The minimum Gasteiger partial charge on any atom is -0.346 e. The number of amides is 1. The zero-order chi connectivity index (χ0) is 16.5. The lowest BCUT2D eigenvalue weighted by Crippen LogP contribution is -2.41. The van der Waals surface area contributed by atoms with Crippen LogP contribution in [-0.4, -0.2) is 31.7 Å². The molecule has 3 heterocycles. The van der Waals surface area contributed by atoms with Crippen molar-refractivity contribution in [3.63, 3.8) is 0 Å². The summed E-state index contributed by atoms with van der Waals surface area (Å²) in [5.41, 5.74) is 1.51. The molecule has 3 aromatic rings. The van der Waals surface area contributed by atoms with E-state index in [0.717, 1.165) is 41.6 Å². The van der Waals surface area contributed by atoms with Crippen LogP contribution in [-0.2, 0) is 13.0 Å². The van der Waals surface area contributed by atoms with Gasteiger partial charge < -0.3 is 9.88 Å². The molecule has 4 rings (SSSR count). The van der Waals surface area contributed by atoms with Crippen LogP contribution < -0.4 is 5.32 Å². The fourth-order valence-corrected chi connectivity index (χ4v) is 3.74. The molecule has 122 valence electrons. The molecule has 7 heteroatoms. The number of benzene rings is 1. The maximum atomic E-state index is 12.5. The summed E-state index contributed by atoms with van der Waals surface area (Å²) in [6.07, 6.45) is 1.71. The number of thiazole rings is 1. The highest BCUT2D eigenvalue weighted by Gasteiger charge is 2.24. The average molecular weight is 339 g/mol. The highest BCUT2D eigenvalue weighted by Crippen LogP contribution is 2.23. The molecular formula is C17H17N5OS. The van der Waals surface area contributed by atoms with Crippen molar-refractivity contribution < 1.29 is 4.79 Å². The normalized spacial score (nSPS) is 16.6. The van der Waals surface area contributed by atoms with Crippen molar-refractivity contribution in [3.8, 4) is 10.6 Å². The van der Waals surface area contributed by atoms with Crippen LogP contribution in [0.5, 0.6) is 0 Å². The number of fused-ring (bicyclic) bond motifs is 1. The van der Waals surface area contributed by atoms with Gasteiger partial charge in [0.15, 0.2) is 0 Å². The lowest BCUT2D eigenvalue weighted by atomic mass is 10.1. The standard InChI is InChI=1S/C17H17N5OS/c1-11-20-21-15-8-7-13(9-22(11)15)18-16(23)14-10-24-17(19-14)12-5-3-2-4-6-12/h2-6,10,13H,7-9H2,1H3,(H,18,23)/t13-/m1/s1. The van der Waals surface area contributed by atoms with Gasteiger partial charge in [-0.15, -0.1) is 21.5 Å². The second-order valence-electron chi connectivity index (χ2n) is 5.89. The van der Waals surface area contributed by atoms with Gasteiger partial charge in [-0.2, -0.15) is 0 Å². The lowest BCUT2D eigenvalue weighted by molar-refractivity contribution is 0.0923. The van der Waals surface area contributed by atoms with Gasteiger partial charge >= 0.3 is 0 Å². The third kappa shape index (κ3) is 2.82. The summed E-state index contributed by atoms with van der Waals surface area (Å²) in [5.74, 6) is 1.77. The van der Waals surface area contributed by atoms with Gasteiger partial charge in [-0.25, -0.2) is 4.98 Å². The SMILES string of the molecule is Cc1nnc2n1C[C@H](NC(=O)c1csc(-c3ccccc3)n1)CC2. The van der Waals surface area contributed by atoms with Crippen LogP contribution in [0, 0.1) is 6.92 Å². The molecule has 1 atom stereocenters. The maximum absolute atomic E-state index is 12.5. The van der Waals surface area contributed by atoms with Crippen molar-refractivity contribution in [1.82, 2.24) is 25.1 Å². The van der Waals surface area contributed by atoms with E-state index in [9.17, 15) is 4.79 Å². The largest absolute Gasteiger partial charge is 0.346 e. The number of rotatable bonds is 3. The Bertz CT molecular complexity index is 870. The molecule has 1 amide bonds. The van der Waals surface area contributed by atoms with Crippen molar-refractivity contribution in [1.29, 1.82) is 0 Å². The van der Waals surface area contributed by atoms with Gasteiger partial charge in [0.1, 0.15) is 22.4 Å². The number of aromatic nitrogens is 4. The molecule has 0 bridgehead atoms. The summed E-state index contributed by atoms with van der Waals surface area (Å²) in [6, 6.07) is 9.99. The highest BCUT2D eigenvalue weighted by molar-refractivity contribution is 7.13. The van der Waals surface area contributed by atoms with Crippen LogP contribution in [0.2, 0.25) is 0 Å². The Morgan fingerprint density at radius 1 is 1.29 bits per heavy atom. The van der Waals surface area contributed by atoms with E-state index in [-0.39, 0.29) is 11.9 Å². The fourth-order valence-electron chi connectivity index (χ4n) is 2.93. The van der Waals surface area contributed by atoms with Gasteiger partial charge in [0.25, 0.3) is 5.91 Å². The van der Waals surface area contributed by atoms with Crippen LogP contribution in [0.3, 0.4) is 0 Å². The molecule has 6 nitrogen and oxygen atoms in total. The predicted molar refractivity (Wildman–Crippen MR) is 91.9 cm³/mol. The van der Waals surface area contributed by atoms with Crippen LogP contribution in [0.1, 0.15) is 28.6 Å². The number of aryl methyl sites for hydroxylation is 2. The molecule has 0 spiro atoms. The molecule has 0 radical (unpaired) electrons. The van der Waals surface area contributed by atoms with Crippen LogP contribution in [0.25, 0.3) is 10.6 Å². The van der Waals surface area contributed by atoms with E-state index in [1.54, 1.807) is 0 Å². The average Bonchev–Trinajstić information content (AvgIpc) is 3.24. The third-order valence-corrected chi connectivity index (χ3v) is 5.12. The second kappa shape index (κ2) is 6.16. The first-order chi connectivity index (χ1) is 11.7. The minimum atomic E-state index is -0.118. The smallest absolute Gasteiger partial charge is 0.271 e. The van der Waals surface area contributed by atoms with Crippen LogP contribution >= 0.6 is 11.3 Å². The Kier molecular flexibility index (Phi) is 3.86. The maximum Gasteiger partial charge on any atom is 0.271 e. The molecule has 2 aromatic heterocycles. The highest BCUT2D eigenvalue weighted by atomic mass is 32.1. The molecule has 1 N–H and O–H groups in total. The van der Waals surface area contributed by atoms with E-state index >= 15 is 0 Å². The monoisotopic (exact) mass is 339 g/mol. The second-order valence-corrected chi connectivity index (χ2v) is 6.75. The van der Waals surface area contributed by atoms with Crippen LogP contribution in [0.15, 0.2) is 35.7 Å². The van der Waals surface area contributed by atoms with E-state index in [0.29, 0.717) is 5.69 Å². The number of nitrogens with zero attached hydrogens (tertiary/aromatic N) is 4. The van der Waals surface area contributed by atoms with Crippen molar-refractivity contribution in [2.75, 3.05) is 0 Å². The van der Waals surface area contributed by atoms with Gasteiger partial charge in [0, 0.05) is 30.0 Å². The number of nitrogens with one attached hydrogen (secondary N) is 1. The lowest BCUT2D eigenvalue weighted by Gasteiger charge is -2.24. The van der Waals surface area contributed by atoms with Crippen molar-refractivity contribution in [2.45, 2.75) is 32.4 Å². The number of hydrogen-bond donors (Lipinski definition) is 1. The first kappa shape index (κ1) is 15.0. The van der Waals surface area contributed by atoms with Gasteiger partial charge in [0.05, 0.1) is 0 Å². The summed E-state index contributed by atoms with van der Waals surface area (Å²) >= 11 is 1.49. The van der Waals surface area contributed by atoms with Gasteiger partial charge in [-0.05, 0) is 13.3 Å². The zero-order valence-electron chi connectivity index (χ0n) is 13.3. The van der Waals surface area contributed by atoms with E-state index < -0.39 is 0 Å². The summed E-state index contributed by atoms with van der Waals surface area (Å²) in [4.78, 5) is 17.0. The van der Waals surface area contributed by atoms with Crippen LogP contribution in [0.4, 0.5) is 0 Å². The molecule has 0 aliphatic carbocycles. The molecule has 0 unspecified atom stereocenters. The summed E-state index contributed by atoms with van der Waals surface area (Å²) < 4.78 is 2.07. The Morgan fingerprint density at radius 2 is 2.12 bits per heavy atom. The van der Waals surface area contributed by atoms with Crippen molar-refractivity contribution in [3.05, 3.63) is 53.1 Å². The predicted octanol–water partition coefficient (Wildman–Crippen LogP) is 2.45. The molecule has 0 fully saturated rings. The molecule has 1 aliphatic heterocycles. The van der Waals surface area contributed by atoms with E-state index in [2.05, 4.69) is 25.1 Å². The third-order valence-electron chi connectivity index (χ3n) is 4.22. The molecule has 1 aliphatic rings. The number of carbonyl (C=O) groups excluding carboxylic acids is 1. The summed E-state index contributed by atoms with van der Waals surface area (Å²) in [6.45, 7) is 2.66. The zero-order valence-corrected chi connectivity index (χ0v) is 14.1. The quantitative estimate of drug-likeness (QED) is 0.795. The summed E-state index contributed by atoms with van der Waals surface area (Å²) in [5, 5.41) is 14.0. The Labute approximate surface area is 143 Å². The number of carbonyl (C=O) groups is 1. The van der Waals surface area contributed by atoms with Crippen molar-refractivity contribution >= 4 is 17.2 Å². The molecule has 0 saturated carbocycles. The molecule has 0 saturated heterocycles. The topological polar surface area (TPSA) is 72.7 Å². The Hall–Kier alpha value is -2.54. The first-order valence-corrected chi connectivity index (χ1v) is 8.79. The van der Waals surface area contributed by atoms with Gasteiger partial charge in [-0.1, -0.05) is 30.3 Å².